The number of nitrogens with one attached hydrogen (secondary N) is 2. The van der Waals surface area contributed by atoms with Gasteiger partial charge in [0.05, 0.1) is 10.4 Å². The molecule has 0 unspecified atom stereocenters. The molecule has 1 heterocycles. The van der Waals surface area contributed by atoms with E-state index in [2.05, 4.69) is 14.9 Å². The van der Waals surface area contributed by atoms with E-state index in [1.165, 1.54) is 0 Å². The van der Waals surface area contributed by atoms with Gasteiger partial charge in [0, 0.05) is 5.39 Å². The topological polar surface area (TPSA) is 74.8 Å². The summed E-state index contributed by atoms with van der Waals surface area (Å²) in [6.07, 6.45) is 0. The van der Waals surface area contributed by atoms with Crippen molar-refractivity contribution < 1.29 is 8.42 Å². The molecule has 0 aliphatic heterocycles. The van der Waals surface area contributed by atoms with Crippen LogP contribution in [0.5, 0.6) is 0 Å². The van der Waals surface area contributed by atoms with Crippen molar-refractivity contribution in [3.8, 4) is 0 Å². The number of rotatable bonds is 3. The van der Waals surface area contributed by atoms with Crippen molar-refractivity contribution in [3.63, 3.8) is 0 Å². The summed E-state index contributed by atoms with van der Waals surface area (Å²) >= 11 is 0. The van der Waals surface area contributed by atoms with E-state index >= 15 is 0 Å². The lowest BCUT2D eigenvalue weighted by Crippen LogP contribution is -2.21. The first-order valence-corrected chi connectivity index (χ1v) is 8.83. The Kier molecular flexibility index (Phi) is 3.64. The summed E-state index contributed by atoms with van der Waals surface area (Å²) in [6.45, 7) is 5.97. The van der Waals surface area contributed by atoms with Crippen LogP contribution in [-0.2, 0) is 15.4 Å². The van der Waals surface area contributed by atoms with Gasteiger partial charge in [-0.25, -0.2) is 8.42 Å². The highest BCUT2D eigenvalue weighted by Gasteiger charge is 2.26. The van der Waals surface area contributed by atoms with E-state index < -0.39 is 10.0 Å². The highest BCUT2D eigenvalue weighted by molar-refractivity contribution is 7.92. The lowest BCUT2D eigenvalue weighted by atomic mass is 9.87. The minimum absolute atomic E-state index is 0.277. The van der Waals surface area contributed by atoms with Gasteiger partial charge < -0.3 is 0 Å². The van der Waals surface area contributed by atoms with Crippen molar-refractivity contribution >= 4 is 26.7 Å². The molecule has 0 aliphatic rings. The largest absolute Gasteiger partial charge is 0.276 e. The van der Waals surface area contributed by atoms with Gasteiger partial charge in [-0.3, -0.25) is 9.82 Å². The maximum Gasteiger partial charge on any atom is 0.263 e. The van der Waals surface area contributed by atoms with Crippen LogP contribution in [-0.4, -0.2) is 18.6 Å². The molecule has 0 bridgehead atoms. The maximum atomic E-state index is 12.8. The molecule has 1 aromatic heterocycles. The van der Waals surface area contributed by atoms with Crippen LogP contribution in [0, 0.1) is 0 Å². The first-order valence-electron chi connectivity index (χ1n) is 7.34. The Morgan fingerprint density at radius 3 is 2.39 bits per heavy atom. The molecule has 120 valence electrons. The monoisotopic (exact) mass is 329 g/mol. The first-order chi connectivity index (χ1) is 10.8. The lowest BCUT2D eigenvalue weighted by molar-refractivity contribution is 0.563. The molecule has 0 saturated heterocycles. The molecule has 0 atom stereocenters. The normalized spacial score (nSPS) is 12.5. The van der Waals surface area contributed by atoms with Gasteiger partial charge in [-0.2, -0.15) is 5.10 Å². The Labute approximate surface area is 135 Å². The average molecular weight is 329 g/mol. The van der Waals surface area contributed by atoms with Crippen LogP contribution in [0.4, 0.5) is 5.82 Å². The van der Waals surface area contributed by atoms with Crippen molar-refractivity contribution in [2.75, 3.05) is 4.72 Å². The third kappa shape index (κ3) is 2.94. The summed E-state index contributed by atoms with van der Waals surface area (Å²) in [5, 5.41) is 7.65. The number of sulfonamides is 1. The van der Waals surface area contributed by atoms with Crippen LogP contribution in [0.1, 0.15) is 26.3 Å². The van der Waals surface area contributed by atoms with Crippen molar-refractivity contribution in [3.05, 3.63) is 54.1 Å². The van der Waals surface area contributed by atoms with E-state index in [1.807, 2.05) is 57.2 Å². The molecule has 0 saturated carbocycles. The van der Waals surface area contributed by atoms with Gasteiger partial charge in [-0.15, -0.1) is 0 Å². The van der Waals surface area contributed by atoms with E-state index in [9.17, 15) is 8.42 Å². The van der Waals surface area contributed by atoms with Crippen LogP contribution in [0.25, 0.3) is 10.9 Å². The minimum atomic E-state index is -3.72. The maximum absolute atomic E-state index is 12.8. The fourth-order valence-corrected chi connectivity index (χ4v) is 3.99. The van der Waals surface area contributed by atoms with Crippen LogP contribution >= 0.6 is 0 Å². The van der Waals surface area contributed by atoms with E-state index in [0.717, 1.165) is 16.5 Å². The fourth-order valence-electron chi connectivity index (χ4n) is 2.54. The summed E-state index contributed by atoms with van der Waals surface area (Å²) in [5.41, 5.74) is 1.28. The zero-order valence-corrected chi connectivity index (χ0v) is 14.1. The standard InChI is InChI=1S/C17H19N3O2S/c1-17(2,3)13-9-5-7-11-15(13)23(21,22)20-16-12-8-4-6-10-14(12)18-19-16/h4-11H,1-3H3,(H2,18,19,20). The molecular weight excluding hydrogens is 310 g/mol. The fraction of sp³-hybridized carbons (Fsp3) is 0.235. The number of benzene rings is 2. The molecule has 2 N–H and O–H groups in total. The molecule has 0 radical (unpaired) electrons. The Hall–Kier alpha value is -2.34. The predicted molar refractivity (Wildman–Crippen MR) is 92.0 cm³/mol. The Morgan fingerprint density at radius 2 is 1.65 bits per heavy atom. The van der Waals surface area contributed by atoms with Crippen LogP contribution in [0.15, 0.2) is 53.4 Å². The number of hydrogen-bond acceptors (Lipinski definition) is 3. The molecule has 2 aromatic carbocycles. The summed E-state index contributed by atoms with van der Waals surface area (Å²) in [6, 6.07) is 14.4. The second-order valence-electron chi connectivity index (χ2n) is 6.47. The second kappa shape index (κ2) is 5.38. The van der Waals surface area contributed by atoms with E-state index in [1.54, 1.807) is 12.1 Å². The van der Waals surface area contributed by atoms with Gasteiger partial charge in [0.15, 0.2) is 5.82 Å². The number of aromatic nitrogens is 2. The van der Waals surface area contributed by atoms with Crippen molar-refractivity contribution in [2.24, 2.45) is 0 Å². The molecule has 0 spiro atoms. The zero-order valence-electron chi connectivity index (χ0n) is 13.3. The van der Waals surface area contributed by atoms with Gasteiger partial charge in [0.2, 0.25) is 0 Å². The average Bonchev–Trinajstić information content (AvgIpc) is 2.89. The first kappa shape index (κ1) is 15.6. The highest BCUT2D eigenvalue weighted by atomic mass is 32.2. The predicted octanol–water partition coefficient (Wildman–Crippen LogP) is 3.66. The molecule has 5 nitrogen and oxygen atoms in total. The number of fused-ring (bicyclic) bond motifs is 1. The SMILES string of the molecule is CC(C)(C)c1ccccc1S(=O)(=O)Nc1n[nH]c2ccccc12. The third-order valence-corrected chi connectivity index (χ3v) is 5.08. The van der Waals surface area contributed by atoms with E-state index in [4.69, 9.17) is 0 Å². The van der Waals surface area contributed by atoms with Crippen LogP contribution in [0.3, 0.4) is 0 Å². The zero-order chi connectivity index (χ0) is 16.7. The molecule has 0 amide bonds. The number of hydrogen-bond donors (Lipinski definition) is 2. The van der Waals surface area contributed by atoms with Crippen molar-refractivity contribution in [1.82, 2.24) is 10.2 Å². The number of nitrogens with zero attached hydrogens (tertiary/aromatic N) is 1. The van der Waals surface area contributed by atoms with Gasteiger partial charge in [0.25, 0.3) is 10.0 Å². The number of para-hydroxylation sites is 1. The summed E-state index contributed by atoms with van der Waals surface area (Å²) in [7, 11) is -3.72. The van der Waals surface area contributed by atoms with Crippen LogP contribution in [0.2, 0.25) is 0 Å². The number of aromatic amines is 1. The number of anilines is 1. The number of H-pyrrole nitrogens is 1. The third-order valence-electron chi connectivity index (χ3n) is 3.69. The molecule has 0 aliphatic carbocycles. The van der Waals surface area contributed by atoms with Crippen molar-refractivity contribution in [2.45, 2.75) is 31.1 Å². The Bertz CT molecular complexity index is 953. The van der Waals surface area contributed by atoms with E-state index in [0.29, 0.717) is 5.82 Å². The smallest absolute Gasteiger partial charge is 0.263 e. The lowest BCUT2D eigenvalue weighted by Gasteiger charge is -2.22. The molecule has 6 heteroatoms. The summed E-state index contributed by atoms with van der Waals surface area (Å²) in [4.78, 5) is 0.277. The molecular formula is C17H19N3O2S. The van der Waals surface area contributed by atoms with E-state index in [-0.39, 0.29) is 10.3 Å². The minimum Gasteiger partial charge on any atom is -0.276 e. The summed E-state index contributed by atoms with van der Waals surface area (Å²) < 4.78 is 28.3. The quantitative estimate of drug-likeness (QED) is 0.770. The second-order valence-corrected chi connectivity index (χ2v) is 8.12. The van der Waals surface area contributed by atoms with Gasteiger partial charge in [0.1, 0.15) is 0 Å². The summed E-state index contributed by atoms with van der Waals surface area (Å²) in [5.74, 6) is 0.310. The van der Waals surface area contributed by atoms with Crippen molar-refractivity contribution in [1.29, 1.82) is 0 Å². The molecule has 0 fully saturated rings. The Balaban J connectivity index is 2.07. The van der Waals surface area contributed by atoms with Gasteiger partial charge in [-0.1, -0.05) is 51.1 Å². The van der Waals surface area contributed by atoms with Crippen LogP contribution < -0.4 is 4.72 Å². The molecule has 3 aromatic rings. The Morgan fingerprint density at radius 1 is 1.00 bits per heavy atom. The highest BCUT2D eigenvalue weighted by Crippen LogP contribution is 2.30. The van der Waals surface area contributed by atoms with Gasteiger partial charge >= 0.3 is 0 Å². The molecule has 23 heavy (non-hydrogen) atoms. The van der Waals surface area contributed by atoms with Gasteiger partial charge in [-0.05, 0) is 29.2 Å². The molecule has 3 rings (SSSR count).